The van der Waals surface area contributed by atoms with Gasteiger partial charge in [-0.3, -0.25) is 0 Å². The predicted molar refractivity (Wildman–Crippen MR) is 62.1 cm³/mol. The van der Waals surface area contributed by atoms with E-state index in [9.17, 15) is 8.78 Å². The third kappa shape index (κ3) is 1.88. The summed E-state index contributed by atoms with van der Waals surface area (Å²) in [7, 11) is 0. The topological polar surface area (TPSA) is 41.8 Å². The van der Waals surface area contributed by atoms with E-state index < -0.39 is 11.6 Å². The maximum absolute atomic E-state index is 13.4. The smallest absolute Gasteiger partial charge is 0.186 e. The highest BCUT2D eigenvalue weighted by Gasteiger charge is 2.11. The number of imidazole rings is 1. The Kier molecular flexibility index (Phi) is 2.59. The van der Waals surface area contributed by atoms with Crippen LogP contribution in [0.2, 0.25) is 0 Å². The molecule has 1 aromatic carbocycles. The maximum Gasteiger partial charge on any atom is 0.186 e. The van der Waals surface area contributed by atoms with Gasteiger partial charge < -0.3 is 9.40 Å². The van der Waals surface area contributed by atoms with Gasteiger partial charge in [0.2, 0.25) is 0 Å². The van der Waals surface area contributed by atoms with Crippen LogP contribution in [-0.2, 0) is 12.8 Å². The number of rotatable bonds is 3. The molecule has 0 bridgehead atoms. The second kappa shape index (κ2) is 4.25. The highest BCUT2D eigenvalue weighted by atomic mass is 19.2. The quantitative estimate of drug-likeness (QED) is 0.773. The van der Waals surface area contributed by atoms with Gasteiger partial charge in [0, 0.05) is 12.8 Å². The van der Waals surface area contributed by atoms with Crippen LogP contribution in [0.25, 0.3) is 11.0 Å². The number of halogens is 2. The minimum atomic E-state index is -0.909. The number of hydrogen-bond donors (Lipinski definition) is 1. The molecular weight excluding hydrogens is 238 g/mol. The molecule has 0 aliphatic heterocycles. The highest BCUT2D eigenvalue weighted by Crippen LogP contribution is 2.18. The van der Waals surface area contributed by atoms with Crippen molar-refractivity contribution in [2.24, 2.45) is 0 Å². The van der Waals surface area contributed by atoms with Gasteiger partial charge in [0.1, 0.15) is 17.1 Å². The number of aromatic nitrogens is 2. The average molecular weight is 248 g/mol. The molecule has 0 spiro atoms. The van der Waals surface area contributed by atoms with Gasteiger partial charge in [0.15, 0.2) is 11.6 Å². The lowest BCUT2D eigenvalue weighted by molar-refractivity contribution is 0.506. The SMILES string of the molecule is Fc1ccc2[nH]c(CCc3ccco3)nc2c1F. The van der Waals surface area contributed by atoms with Crippen molar-refractivity contribution in [3.05, 3.63) is 53.7 Å². The molecule has 3 nitrogen and oxygen atoms in total. The summed E-state index contributed by atoms with van der Waals surface area (Å²) in [6.45, 7) is 0. The van der Waals surface area contributed by atoms with Crippen molar-refractivity contribution in [3.63, 3.8) is 0 Å². The first-order valence-corrected chi connectivity index (χ1v) is 5.59. The zero-order chi connectivity index (χ0) is 12.5. The van der Waals surface area contributed by atoms with Gasteiger partial charge in [0.05, 0.1) is 11.8 Å². The van der Waals surface area contributed by atoms with Crippen LogP contribution in [-0.4, -0.2) is 9.97 Å². The lowest BCUT2D eigenvalue weighted by Crippen LogP contribution is -1.91. The molecule has 0 saturated heterocycles. The van der Waals surface area contributed by atoms with Crippen molar-refractivity contribution in [3.8, 4) is 0 Å². The molecule has 0 aliphatic rings. The van der Waals surface area contributed by atoms with Crippen LogP contribution >= 0.6 is 0 Å². The fraction of sp³-hybridized carbons (Fsp3) is 0.154. The van der Waals surface area contributed by atoms with Crippen LogP contribution in [0.5, 0.6) is 0 Å². The lowest BCUT2D eigenvalue weighted by atomic mass is 10.2. The second-order valence-electron chi connectivity index (χ2n) is 4.02. The summed E-state index contributed by atoms with van der Waals surface area (Å²) in [5.74, 6) is -0.340. The number of aromatic amines is 1. The van der Waals surface area contributed by atoms with Gasteiger partial charge in [-0.2, -0.15) is 0 Å². The molecule has 5 heteroatoms. The number of aryl methyl sites for hydroxylation is 2. The van der Waals surface area contributed by atoms with Gasteiger partial charge >= 0.3 is 0 Å². The van der Waals surface area contributed by atoms with Gasteiger partial charge in [0.25, 0.3) is 0 Å². The number of benzene rings is 1. The molecule has 0 unspecified atom stereocenters. The van der Waals surface area contributed by atoms with E-state index in [0.29, 0.717) is 24.2 Å². The third-order valence-corrected chi connectivity index (χ3v) is 2.78. The average Bonchev–Trinajstić information content (AvgIpc) is 3.00. The molecule has 2 aromatic heterocycles. The zero-order valence-electron chi connectivity index (χ0n) is 9.41. The summed E-state index contributed by atoms with van der Waals surface area (Å²) in [6, 6.07) is 6.25. The Morgan fingerprint density at radius 2 is 2.06 bits per heavy atom. The summed E-state index contributed by atoms with van der Waals surface area (Å²) in [5, 5.41) is 0. The molecule has 0 amide bonds. The first kappa shape index (κ1) is 11.0. The molecule has 2 heterocycles. The molecular formula is C13H10F2N2O. The van der Waals surface area contributed by atoms with Crippen LogP contribution in [0.15, 0.2) is 34.9 Å². The van der Waals surface area contributed by atoms with Crippen LogP contribution in [0.3, 0.4) is 0 Å². The lowest BCUT2D eigenvalue weighted by Gasteiger charge is -1.93. The zero-order valence-corrected chi connectivity index (χ0v) is 9.41. The maximum atomic E-state index is 13.4. The number of nitrogens with zero attached hydrogens (tertiary/aromatic N) is 1. The Labute approximate surface area is 101 Å². The minimum absolute atomic E-state index is 0.0458. The van der Waals surface area contributed by atoms with Gasteiger partial charge in [-0.15, -0.1) is 0 Å². The summed E-state index contributed by atoms with van der Waals surface area (Å²) in [4.78, 5) is 7.03. The van der Waals surface area contributed by atoms with E-state index in [-0.39, 0.29) is 5.52 Å². The van der Waals surface area contributed by atoms with Crippen molar-refractivity contribution in [2.45, 2.75) is 12.8 Å². The fourth-order valence-corrected chi connectivity index (χ4v) is 1.88. The summed E-state index contributed by atoms with van der Waals surface area (Å²) in [5.41, 5.74) is 0.549. The van der Waals surface area contributed by atoms with E-state index >= 15 is 0 Å². The molecule has 0 aliphatic carbocycles. The van der Waals surface area contributed by atoms with Crippen LogP contribution in [0.1, 0.15) is 11.6 Å². The van der Waals surface area contributed by atoms with Crippen LogP contribution < -0.4 is 0 Å². The summed E-state index contributed by atoms with van der Waals surface area (Å²) < 4.78 is 31.7. The Morgan fingerprint density at radius 3 is 2.83 bits per heavy atom. The number of furan rings is 1. The van der Waals surface area contributed by atoms with Crippen molar-refractivity contribution in [2.75, 3.05) is 0 Å². The second-order valence-corrected chi connectivity index (χ2v) is 4.02. The van der Waals surface area contributed by atoms with E-state index in [4.69, 9.17) is 4.42 Å². The monoisotopic (exact) mass is 248 g/mol. The largest absolute Gasteiger partial charge is 0.469 e. The molecule has 3 rings (SSSR count). The predicted octanol–water partition coefficient (Wildman–Crippen LogP) is 3.22. The molecule has 0 saturated carbocycles. The minimum Gasteiger partial charge on any atom is -0.469 e. The Bertz CT molecular complexity index is 674. The molecule has 0 atom stereocenters. The molecule has 18 heavy (non-hydrogen) atoms. The number of H-pyrrole nitrogens is 1. The molecule has 92 valence electrons. The number of hydrogen-bond acceptors (Lipinski definition) is 2. The van der Waals surface area contributed by atoms with E-state index in [1.54, 1.807) is 6.26 Å². The van der Waals surface area contributed by atoms with Crippen molar-refractivity contribution >= 4 is 11.0 Å². The van der Waals surface area contributed by atoms with Gasteiger partial charge in [-0.05, 0) is 24.3 Å². The van der Waals surface area contributed by atoms with E-state index in [2.05, 4.69) is 9.97 Å². The summed E-state index contributed by atoms with van der Waals surface area (Å²) >= 11 is 0. The number of fused-ring (bicyclic) bond motifs is 1. The molecule has 1 N–H and O–H groups in total. The fourth-order valence-electron chi connectivity index (χ4n) is 1.88. The first-order chi connectivity index (χ1) is 8.74. The normalized spacial score (nSPS) is 11.2. The van der Waals surface area contributed by atoms with Gasteiger partial charge in [-0.1, -0.05) is 0 Å². The van der Waals surface area contributed by atoms with Crippen LogP contribution in [0.4, 0.5) is 8.78 Å². The Hall–Kier alpha value is -2.17. The molecule has 0 fully saturated rings. The molecule has 3 aromatic rings. The van der Waals surface area contributed by atoms with Crippen LogP contribution in [0, 0.1) is 11.6 Å². The summed E-state index contributed by atoms with van der Waals surface area (Å²) in [6.07, 6.45) is 2.85. The van der Waals surface area contributed by atoms with Gasteiger partial charge in [-0.25, -0.2) is 13.8 Å². The Balaban J connectivity index is 1.87. The van der Waals surface area contributed by atoms with E-state index in [0.717, 1.165) is 11.8 Å². The molecule has 0 radical (unpaired) electrons. The van der Waals surface area contributed by atoms with E-state index in [1.165, 1.54) is 6.07 Å². The first-order valence-electron chi connectivity index (χ1n) is 5.59. The Morgan fingerprint density at radius 1 is 1.17 bits per heavy atom. The van der Waals surface area contributed by atoms with Crippen molar-refractivity contribution in [1.29, 1.82) is 0 Å². The highest BCUT2D eigenvalue weighted by molar-refractivity contribution is 5.75. The third-order valence-electron chi connectivity index (χ3n) is 2.78. The van der Waals surface area contributed by atoms with E-state index in [1.807, 2.05) is 12.1 Å². The standard InChI is InChI=1S/C13H10F2N2O/c14-9-4-5-10-13(12(9)15)17-11(16-10)6-3-8-2-1-7-18-8/h1-2,4-5,7H,3,6H2,(H,16,17). The van der Waals surface area contributed by atoms with Crippen molar-refractivity contribution in [1.82, 2.24) is 9.97 Å². The van der Waals surface area contributed by atoms with Crippen molar-refractivity contribution < 1.29 is 13.2 Å². The number of nitrogens with one attached hydrogen (secondary N) is 1.